The van der Waals surface area contributed by atoms with Crippen LogP contribution in [0.5, 0.6) is 0 Å². The molecule has 0 saturated heterocycles. The first-order valence-corrected chi connectivity index (χ1v) is 3.80. The van der Waals surface area contributed by atoms with Gasteiger partial charge in [0.1, 0.15) is 0 Å². The monoisotopic (exact) mass is 166 g/mol. The fourth-order valence-corrected chi connectivity index (χ4v) is 0.908. The molecule has 12 heavy (non-hydrogen) atoms. The first-order valence-electron chi connectivity index (χ1n) is 3.80. The van der Waals surface area contributed by atoms with Crippen LogP contribution in [-0.4, -0.2) is 11.9 Å². The summed E-state index contributed by atoms with van der Waals surface area (Å²) in [7, 11) is 0. The lowest BCUT2D eigenvalue weighted by molar-refractivity contribution is -0.150. The summed E-state index contributed by atoms with van der Waals surface area (Å²) in [5.74, 6) is -1.07. The molecule has 0 aromatic carbocycles. The molecule has 0 amide bonds. The van der Waals surface area contributed by atoms with E-state index in [1.807, 2.05) is 13.0 Å². The molecule has 0 radical (unpaired) electrons. The molecular formula is C9H10O3. The molecule has 0 bridgehead atoms. The van der Waals surface area contributed by atoms with Crippen LogP contribution in [0.15, 0.2) is 23.3 Å². The van der Waals surface area contributed by atoms with Gasteiger partial charge in [0.2, 0.25) is 0 Å². The van der Waals surface area contributed by atoms with Gasteiger partial charge in [-0.15, -0.1) is 0 Å². The van der Waals surface area contributed by atoms with Crippen molar-refractivity contribution < 1.29 is 14.3 Å². The lowest BCUT2D eigenvalue weighted by atomic mass is 10.1. The smallest absolute Gasteiger partial charge is 0.346 e. The van der Waals surface area contributed by atoms with E-state index >= 15 is 0 Å². The van der Waals surface area contributed by atoms with Crippen LogP contribution in [0.4, 0.5) is 0 Å². The highest BCUT2D eigenvalue weighted by molar-refractivity contribution is 6.13. The van der Waals surface area contributed by atoms with Crippen LogP contribution in [-0.2, 0) is 14.3 Å². The molecule has 3 heteroatoms. The maximum Gasteiger partial charge on any atom is 0.346 e. The van der Waals surface area contributed by atoms with Crippen LogP contribution in [0, 0.1) is 0 Å². The summed E-state index contributed by atoms with van der Waals surface area (Å²) < 4.78 is 4.38. The summed E-state index contributed by atoms with van der Waals surface area (Å²) in [5.41, 5.74) is 0.770. The molecule has 0 N–H and O–H groups in total. The van der Waals surface area contributed by atoms with Gasteiger partial charge in [0.05, 0.1) is 5.57 Å². The van der Waals surface area contributed by atoms with Gasteiger partial charge in [-0.2, -0.15) is 0 Å². The van der Waals surface area contributed by atoms with Crippen molar-refractivity contribution in [3.8, 4) is 0 Å². The number of hydrogen-bond acceptors (Lipinski definition) is 3. The first kappa shape index (κ1) is 8.71. The summed E-state index contributed by atoms with van der Waals surface area (Å²) in [6, 6.07) is 0. The van der Waals surface area contributed by atoms with Crippen molar-refractivity contribution in [2.24, 2.45) is 0 Å². The maximum atomic E-state index is 10.9. The largest absolute Gasteiger partial charge is 0.386 e. The van der Waals surface area contributed by atoms with Gasteiger partial charge in [-0.3, -0.25) is 0 Å². The average Bonchev–Trinajstić information content (AvgIpc) is 2.25. The second-order valence-electron chi connectivity index (χ2n) is 2.53. The van der Waals surface area contributed by atoms with Crippen molar-refractivity contribution in [1.82, 2.24) is 0 Å². The Kier molecular flexibility index (Phi) is 2.43. The molecule has 0 aromatic rings. The van der Waals surface area contributed by atoms with E-state index < -0.39 is 11.9 Å². The number of allylic oxidation sites excluding steroid dienone is 1. The molecule has 0 atom stereocenters. The number of cyclic esters (lactones) is 2. The summed E-state index contributed by atoms with van der Waals surface area (Å²) >= 11 is 0. The Balaban J connectivity index is 2.93. The standard InChI is InChI=1S/C9H10O3/c1-3-4-5-7-6(2)8(10)12-9(7)11/h4-5H,3H2,1-2H3. The second-order valence-corrected chi connectivity index (χ2v) is 2.53. The number of hydrogen-bond donors (Lipinski definition) is 0. The third-order valence-corrected chi connectivity index (χ3v) is 1.64. The minimum atomic E-state index is -0.540. The van der Waals surface area contributed by atoms with Crippen molar-refractivity contribution in [1.29, 1.82) is 0 Å². The van der Waals surface area contributed by atoms with Gasteiger partial charge in [0.15, 0.2) is 0 Å². The van der Waals surface area contributed by atoms with Gasteiger partial charge < -0.3 is 4.74 Å². The maximum absolute atomic E-state index is 10.9. The SMILES string of the molecule is CCC=CC1=C(C)C(=O)OC1=O. The summed E-state index contributed by atoms with van der Waals surface area (Å²) in [6.45, 7) is 3.54. The quantitative estimate of drug-likeness (QED) is 0.459. The molecule has 0 spiro atoms. The number of carbonyl (C=O) groups excluding carboxylic acids is 2. The molecule has 0 unspecified atom stereocenters. The van der Waals surface area contributed by atoms with E-state index in [9.17, 15) is 9.59 Å². The van der Waals surface area contributed by atoms with Gasteiger partial charge in [-0.25, -0.2) is 9.59 Å². The second kappa shape index (κ2) is 3.34. The average molecular weight is 166 g/mol. The van der Waals surface area contributed by atoms with Crippen molar-refractivity contribution in [2.45, 2.75) is 20.3 Å². The Bertz CT molecular complexity index is 284. The van der Waals surface area contributed by atoms with E-state index in [0.717, 1.165) is 6.42 Å². The molecule has 0 fully saturated rings. The van der Waals surface area contributed by atoms with Crippen molar-refractivity contribution in [3.05, 3.63) is 23.3 Å². The van der Waals surface area contributed by atoms with E-state index in [0.29, 0.717) is 11.1 Å². The van der Waals surface area contributed by atoms with Crippen molar-refractivity contribution in [2.75, 3.05) is 0 Å². The van der Waals surface area contributed by atoms with Crippen LogP contribution < -0.4 is 0 Å². The fraction of sp³-hybridized carbons (Fsp3) is 0.333. The third-order valence-electron chi connectivity index (χ3n) is 1.64. The summed E-state index contributed by atoms with van der Waals surface area (Å²) in [4.78, 5) is 21.8. The fourth-order valence-electron chi connectivity index (χ4n) is 0.908. The number of esters is 2. The van der Waals surface area contributed by atoms with E-state index in [1.165, 1.54) is 0 Å². The Hall–Kier alpha value is -1.38. The highest BCUT2D eigenvalue weighted by Crippen LogP contribution is 2.17. The summed E-state index contributed by atoms with van der Waals surface area (Å²) in [5, 5.41) is 0. The van der Waals surface area contributed by atoms with Crippen molar-refractivity contribution in [3.63, 3.8) is 0 Å². The molecule has 1 rings (SSSR count). The molecule has 1 aliphatic heterocycles. The molecule has 1 heterocycles. The van der Waals surface area contributed by atoms with Crippen LogP contribution in [0.2, 0.25) is 0 Å². The van der Waals surface area contributed by atoms with Crippen LogP contribution in [0.3, 0.4) is 0 Å². The predicted molar refractivity (Wildman–Crippen MR) is 43.2 cm³/mol. The zero-order valence-corrected chi connectivity index (χ0v) is 7.09. The van der Waals surface area contributed by atoms with Gasteiger partial charge in [0, 0.05) is 5.57 Å². The van der Waals surface area contributed by atoms with Gasteiger partial charge in [0.25, 0.3) is 0 Å². The van der Waals surface area contributed by atoms with Gasteiger partial charge >= 0.3 is 11.9 Å². The van der Waals surface area contributed by atoms with Crippen molar-refractivity contribution >= 4 is 11.9 Å². The number of ether oxygens (including phenoxy) is 1. The highest BCUT2D eigenvalue weighted by Gasteiger charge is 2.27. The van der Waals surface area contributed by atoms with Gasteiger partial charge in [-0.05, 0) is 13.3 Å². The first-order chi connectivity index (χ1) is 5.66. The Morgan fingerprint density at radius 2 is 2.00 bits per heavy atom. The minimum Gasteiger partial charge on any atom is -0.386 e. The lowest BCUT2D eigenvalue weighted by Crippen LogP contribution is -2.00. The number of carbonyl (C=O) groups is 2. The molecule has 1 aliphatic rings. The van der Waals surface area contributed by atoms with Crippen LogP contribution in [0.1, 0.15) is 20.3 Å². The lowest BCUT2D eigenvalue weighted by Gasteiger charge is -1.87. The molecule has 0 saturated carbocycles. The van der Waals surface area contributed by atoms with Crippen LogP contribution >= 0.6 is 0 Å². The summed E-state index contributed by atoms with van der Waals surface area (Å²) in [6.07, 6.45) is 4.28. The molecule has 64 valence electrons. The third kappa shape index (κ3) is 1.44. The molecule has 0 aliphatic carbocycles. The normalized spacial score (nSPS) is 17.8. The molecular weight excluding hydrogens is 156 g/mol. The van der Waals surface area contributed by atoms with E-state index in [4.69, 9.17) is 0 Å². The predicted octanol–water partition coefficient (Wildman–Crippen LogP) is 1.35. The Morgan fingerprint density at radius 3 is 2.42 bits per heavy atom. The molecule has 0 aromatic heterocycles. The zero-order valence-electron chi connectivity index (χ0n) is 7.09. The van der Waals surface area contributed by atoms with Gasteiger partial charge in [-0.1, -0.05) is 19.1 Å². The Labute approximate surface area is 70.7 Å². The van der Waals surface area contributed by atoms with E-state index in [2.05, 4.69) is 4.74 Å². The van der Waals surface area contributed by atoms with E-state index in [1.54, 1.807) is 13.0 Å². The Morgan fingerprint density at radius 1 is 1.33 bits per heavy atom. The zero-order chi connectivity index (χ0) is 9.14. The van der Waals surface area contributed by atoms with Crippen LogP contribution in [0.25, 0.3) is 0 Å². The highest BCUT2D eigenvalue weighted by atomic mass is 16.6. The minimum absolute atomic E-state index is 0.377. The molecule has 3 nitrogen and oxygen atoms in total. The van der Waals surface area contributed by atoms with E-state index in [-0.39, 0.29) is 0 Å². The topological polar surface area (TPSA) is 43.4 Å². The number of rotatable bonds is 2.